The molecule has 0 aromatic rings. The van der Waals surface area contributed by atoms with Crippen molar-refractivity contribution < 1.29 is 19.7 Å². The highest BCUT2D eigenvalue weighted by molar-refractivity contribution is 5.66. The summed E-state index contributed by atoms with van der Waals surface area (Å²) in [5, 5.41) is 20.9. The Hall–Kier alpha value is -0.610. The van der Waals surface area contributed by atoms with Gasteiger partial charge in [0.1, 0.15) is 6.10 Å². The average molecular weight is 350 g/mol. The highest BCUT2D eigenvalue weighted by atomic mass is 16.5. The second-order valence-corrected chi connectivity index (χ2v) is 9.94. The summed E-state index contributed by atoms with van der Waals surface area (Å²) in [6, 6.07) is 0. The standard InChI is InChI=1S/C21H34O4/c1-12(22)25-18-11-14-15-4-5-19(24)21(15,3)9-7-16(14)20(2)8-6-13(23)10-17(18)20/h13-19,23-24H,4-11H2,1-3H3/t13-,14-,15-,16-,17+,18?,19-,20+,21-/m0/s1. The quantitative estimate of drug-likeness (QED) is 0.712. The van der Waals surface area contributed by atoms with Gasteiger partial charge in [-0.15, -0.1) is 0 Å². The molecule has 2 N–H and O–H groups in total. The zero-order chi connectivity index (χ0) is 18.0. The van der Waals surface area contributed by atoms with Gasteiger partial charge in [-0.2, -0.15) is 0 Å². The van der Waals surface area contributed by atoms with Gasteiger partial charge in [-0.1, -0.05) is 13.8 Å². The number of aliphatic hydroxyl groups is 2. The van der Waals surface area contributed by atoms with Crippen LogP contribution < -0.4 is 0 Å². The van der Waals surface area contributed by atoms with E-state index in [4.69, 9.17) is 4.74 Å². The largest absolute Gasteiger partial charge is 0.462 e. The average Bonchev–Trinajstić information content (AvgIpc) is 2.84. The Kier molecular flexibility index (Phi) is 4.23. The molecule has 0 aliphatic heterocycles. The van der Waals surface area contributed by atoms with Crippen LogP contribution in [-0.4, -0.2) is 34.5 Å². The van der Waals surface area contributed by atoms with E-state index >= 15 is 0 Å². The van der Waals surface area contributed by atoms with E-state index in [1.54, 1.807) is 0 Å². The number of hydrogen-bond donors (Lipinski definition) is 2. The van der Waals surface area contributed by atoms with E-state index in [9.17, 15) is 15.0 Å². The number of carbonyl (C=O) groups is 1. The lowest BCUT2D eigenvalue weighted by Gasteiger charge is -2.62. The molecule has 0 aromatic carbocycles. The topological polar surface area (TPSA) is 66.8 Å². The van der Waals surface area contributed by atoms with Crippen LogP contribution in [0, 0.1) is 34.5 Å². The predicted molar refractivity (Wildman–Crippen MR) is 94.7 cm³/mol. The summed E-state index contributed by atoms with van der Waals surface area (Å²) in [6.45, 7) is 6.18. The Morgan fingerprint density at radius 1 is 0.920 bits per heavy atom. The first kappa shape index (κ1) is 17.8. The molecule has 4 heteroatoms. The van der Waals surface area contributed by atoms with Gasteiger partial charge in [-0.05, 0) is 80.0 Å². The number of aliphatic hydroxyl groups excluding tert-OH is 2. The van der Waals surface area contributed by atoms with Gasteiger partial charge >= 0.3 is 5.97 Å². The van der Waals surface area contributed by atoms with Crippen molar-refractivity contribution in [2.75, 3.05) is 0 Å². The summed E-state index contributed by atoms with van der Waals surface area (Å²) in [5.74, 6) is 1.80. The molecule has 0 saturated heterocycles. The minimum Gasteiger partial charge on any atom is -0.462 e. The molecule has 0 spiro atoms. The van der Waals surface area contributed by atoms with Gasteiger partial charge in [0.15, 0.2) is 0 Å². The Balaban J connectivity index is 1.68. The highest BCUT2D eigenvalue weighted by Crippen LogP contribution is 2.66. The SMILES string of the molecule is CC(=O)OC1C[C@@H]2[C@H](CC[C@]3(C)[C@@H](O)CC[C@@H]23)[C@@]2(C)CC[C@H](O)C[C@H]12. The molecule has 0 aromatic heterocycles. The van der Waals surface area contributed by atoms with Gasteiger partial charge in [-0.25, -0.2) is 0 Å². The van der Waals surface area contributed by atoms with E-state index < -0.39 is 0 Å². The lowest BCUT2D eigenvalue weighted by atomic mass is 9.44. The lowest BCUT2D eigenvalue weighted by Crippen LogP contribution is -2.59. The van der Waals surface area contributed by atoms with Gasteiger partial charge in [0, 0.05) is 12.8 Å². The number of hydrogen-bond acceptors (Lipinski definition) is 4. The van der Waals surface area contributed by atoms with Crippen molar-refractivity contribution in [3.05, 3.63) is 0 Å². The van der Waals surface area contributed by atoms with Crippen molar-refractivity contribution in [2.24, 2.45) is 34.5 Å². The maximum absolute atomic E-state index is 11.8. The van der Waals surface area contributed by atoms with E-state index in [1.165, 1.54) is 13.3 Å². The molecule has 0 radical (unpaired) electrons. The van der Waals surface area contributed by atoms with Crippen molar-refractivity contribution in [1.82, 2.24) is 0 Å². The van der Waals surface area contributed by atoms with Crippen LogP contribution in [0.15, 0.2) is 0 Å². The lowest BCUT2D eigenvalue weighted by molar-refractivity contribution is -0.193. The van der Waals surface area contributed by atoms with Crippen LogP contribution in [0.1, 0.15) is 72.1 Å². The molecule has 4 aliphatic rings. The smallest absolute Gasteiger partial charge is 0.302 e. The van der Waals surface area contributed by atoms with Crippen LogP contribution in [0.3, 0.4) is 0 Å². The van der Waals surface area contributed by atoms with E-state index in [0.29, 0.717) is 17.8 Å². The molecular formula is C21H34O4. The number of ether oxygens (including phenoxy) is 1. The van der Waals surface area contributed by atoms with Crippen LogP contribution in [0.4, 0.5) is 0 Å². The number of rotatable bonds is 1. The van der Waals surface area contributed by atoms with Crippen molar-refractivity contribution in [2.45, 2.75) is 90.4 Å². The summed E-state index contributed by atoms with van der Waals surface area (Å²) in [5.41, 5.74) is 0.191. The second kappa shape index (κ2) is 5.95. The van der Waals surface area contributed by atoms with E-state index in [0.717, 1.165) is 44.9 Å². The summed E-state index contributed by atoms with van der Waals surface area (Å²) in [6.07, 6.45) is 7.39. The van der Waals surface area contributed by atoms with E-state index in [1.807, 2.05) is 0 Å². The van der Waals surface area contributed by atoms with Crippen LogP contribution >= 0.6 is 0 Å². The van der Waals surface area contributed by atoms with Crippen LogP contribution in [0.2, 0.25) is 0 Å². The molecule has 0 heterocycles. The third-order valence-electron chi connectivity index (χ3n) is 8.89. The van der Waals surface area contributed by atoms with Gasteiger partial charge in [0.05, 0.1) is 12.2 Å². The minimum absolute atomic E-state index is 0.0410. The first-order valence-electron chi connectivity index (χ1n) is 10.3. The molecule has 4 saturated carbocycles. The summed E-state index contributed by atoms with van der Waals surface area (Å²) in [4.78, 5) is 11.8. The van der Waals surface area contributed by atoms with Crippen molar-refractivity contribution in [3.63, 3.8) is 0 Å². The zero-order valence-electron chi connectivity index (χ0n) is 15.9. The molecule has 4 nitrogen and oxygen atoms in total. The first-order chi connectivity index (χ1) is 11.8. The van der Waals surface area contributed by atoms with Crippen molar-refractivity contribution in [3.8, 4) is 0 Å². The molecule has 4 rings (SSSR count). The van der Waals surface area contributed by atoms with Gasteiger partial charge in [0.25, 0.3) is 0 Å². The third-order valence-corrected chi connectivity index (χ3v) is 8.89. The fourth-order valence-corrected chi connectivity index (χ4v) is 7.56. The molecule has 142 valence electrons. The van der Waals surface area contributed by atoms with Crippen LogP contribution in [0.25, 0.3) is 0 Å². The molecule has 0 amide bonds. The molecule has 0 bridgehead atoms. The Morgan fingerprint density at radius 2 is 1.60 bits per heavy atom. The van der Waals surface area contributed by atoms with Crippen LogP contribution in [0.5, 0.6) is 0 Å². The molecule has 25 heavy (non-hydrogen) atoms. The van der Waals surface area contributed by atoms with E-state index in [2.05, 4.69) is 13.8 Å². The monoisotopic (exact) mass is 350 g/mol. The Bertz CT molecular complexity index is 548. The van der Waals surface area contributed by atoms with Gasteiger partial charge < -0.3 is 14.9 Å². The summed E-state index contributed by atoms with van der Waals surface area (Å²) >= 11 is 0. The first-order valence-corrected chi connectivity index (χ1v) is 10.3. The van der Waals surface area contributed by atoms with Crippen molar-refractivity contribution in [1.29, 1.82) is 0 Å². The Morgan fingerprint density at radius 3 is 2.32 bits per heavy atom. The number of fused-ring (bicyclic) bond motifs is 5. The molecular weight excluding hydrogens is 316 g/mol. The van der Waals surface area contributed by atoms with Gasteiger partial charge in [-0.3, -0.25) is 4.79 Å². The predicted octanol–water partition coefficient (Wildman–Crippen LogP) is 3.29. The molecule has 4 aliphatic carbocycles. The van der Waals surface area contributed by atoms with Crippen LogP contribution in [-0.2, 0) is 9.53 Å². The fraction of sp³-hybridized carbons (Fsp3) is 0.952. The molecule has 9 atom stereocenters. The van der Waals surface area contributed by atoms with E-state index in [-0.39, 0.29) is 41.0 Å². The maximum atomic E-state index is 11.8. The Labute approximate surface area is 151 Å². The second-order valence-electron chi connectivity index (χ2n) is 9.94. The molecule has 1 unspecified atom stereocenters. The number of esters is 1. The maximum Gasteiger partial charge on any atom is 0.302 e. The minimum atomic E-state index is -0.255. The highest BCUT2D eigenvalue weighted by Gasteiger charge is 2.62. The number of carbonyl (C=O) groups excluding carboxylic acids is 1. The third kappa shape index (κ3) is 2.58. The zero-order valence-corrected chi connectivity index (χ0v) is 15.9. The van der Waals surface area contributed by atoms with Gasteiger partial charge in [0.2, 0.25) is 0 Å². The summed E-state index contributed by atoms with van der Waals surface area (Å²) in [7, 11) is 0. The summed E-state index contributed by atoms with van der Waals surface area (Å²) < 4.78 is 5.82. The normalized spacial score (nSPS) is 55.0. The molecule has 4 fully saturated rings. The van der Waals surface area contributed by atoms with Crippen molar-refractivity contribution >= 4 is 5.97 Å². The fourth-order valence-electron chi connectivity index (χ4n) is 7.56.